The van der Waals surface area contributed by atoms with Crippen LogP contribution >= 0.6 is 11.6 Å². The third kappa shape index (κ3) is 5.39. The Balaban J connectivity index is 1.51. The first kappa shape index (κ1) is 22.9. The third-order valence-electron chi connectivity index (χ3n) is 5.13. The second-order valence-corrected chi connectivity index (χ2v) is 7.93. The van der Waals surface area contributed by atoms with Gasteiger partial charge in [0, 0.05) is 18.6 Å². The predicted molar refractivity (Wildman–Crippen MR) is 128 cm³/mol. The molecule has 1 amide bonds. The van der Waals surface area contributed by atoms with Crippen molar-refractivity contribution in [1.29, 1.82) is 0 Å². The molecule has 2 aromatic heterocycles. The van der Waals surface area contributed by atoms with Gasteiger partial charge in [0.05, 0.1) is 16.6 Å². The lowest BCUT2D eigenvalue weighted by Gasteiger charge is -2.16. The number of halogens is 1. The van der Waals surface area contributed by atoms with E-state index >= 15 is 0 Å². The summed E-state index contributed by atoms with van der Waals surface area (Å²) >= 11 is 6.09. The molecule has 0 spiro atoms. The van der Waals surface area contributed by atoms with Crippen LogP contribution in [0.1, 0.15) is 39.2 Å². The van der Waals surface area contributed by atoms with Crippen molar-refractivity contribution in [3.05, 3.63) is 107 Å². The number of amides is 1. The van der Waals surface area contributed by atoms with Gasteiger partial charge in [0.2, 0.25) is 5.88 Å². The van der Waals surface area contributed by atoms with Crippen LogP contribution in [0.4, 0.5) is 0 Å². The molecule has 2 aromatic carbocycles. The molecule has 4 aromatic rings. The van der Waals surface area contributed by atoms with Crippen LogP contribution in [-0.4, -0.2) is 27.0 Å². The van der Waals surface area contributed by atoms with Crippen LogP contribution in [0.15, 0.2) is 85.3 Å². The lowest BCUT2D eigenvalue weighted by molar-refractivity contribution is 0.0696. The number of carbonyl (C=O) groups is 2. The van der Waals surface area contributed by atoms with Crippen LogP contribution in [0.3, 0.4) is 0 Å². The number of carbonyl (C=O) groups excluding carboxylic acids is 1. The molecular formula is C26H20ClN3O4. The zero-order valence-electron chi connectivity index (χ0n) is 18.1. The standard InChI is InChI=1S/C26H20ClN3O4/c1-16(17-4-6-19(7-5-17)26(32)33)30-24(31)23-13-21(27)15-29-25(23)34-22-10-8-18(9-11-22)20-3-2-12-28-14-20/h2-16H,1H3,(H,30,31)(H,32,33)/t16-/m0/s1. The van der Waals surface area contributed by atoms with Gasteiger partial charge < -0.3 is 15.2 Å². The molecule has 0 aliphatic rings. The van der Waals surface area contributed by atoms with Gasteiger partial charge in [0.15, 0.2) is 0 Å². The van der Waals surface area contributed by atoms with Crippen molar-refractivity contribution >= 4 is 23.5 Å². The monoisotopic (exact) mass is 473 g/mol. The number of ether oxygens (including phenoxy) is 1. The summed E-state index contributed by atoms with van der Waals surface area (Å²) in [7, 11) is 0. The summed E-state index contributed by atoms with van der Waals surface area (Å²) < 4.78 is 5.89. The Bertz CT molecular complexity index is 1310. The van der Waals surface area contributed by atoms with Gasteiger partial charge in [-0.3, -0.25) is 9.78 Å². The van der Waals surface area contributed by atoms with Gasteiger partial charge in [0.25, 0.3) is 5.91 Å². The molecule has 1 atom stereocenters. The molecule has 2 N–H and O–H groups in total. The number of aromatic nitrogens is 2. The maximum Gasteiger partial charge on any atom is 0.335 e. The van der Waals surface area contributed by atoms with E-state index in [1.54, 1.807) is 43.6 Å². The number of benzene rings is 2. The highest BCUT2D eigenvalue weighted by Gasteiger charge is 2.19. The number of carboxylic acid groups (broad SMARTS) is 1. The molecular weight excluding hydrogens is 454 g/mol. The average Bonchev–Trinajstić information content (AvgIpc) is 2.86. The number of nitrogens with one attached hydrogen (secondary N) is 1. The van der Waals surface area contributed by atoms with Crippen molar-refractivity contribution in [3.8, 4) is 22.8 Å². The quantitative estimate of drug-likeness (QED) is 0.353. The van der Waals surface area contributed by atoms with Crippen LogP contribution in [0.25, 0.3) is 11.1 Å². The van der Waals surface area contributed by atoms with Gasteiger partial charge in [0.1, 0.15) is 11.3 Å². The topological polar surface area (TPSA) is 101 Å². The Morgan fingerprint density at radius 2 is 1.74 bits per heavy atom. The van der Waals surface area contributed by atoms with E-state index in [9.17, 15) is 9.59 Å². The van der Waals surface area contributed by atoms with Crippen LogP contribution < -0.4 is 10.1 Å². The lowest BCUT2D eigenvalue weighted by Crippen LogP contribution is -2.27. The Morgan fingerprint density at radius 1 is 1.00 bits per heavy atom. The molecule has 7 nitrogen and oxygen atoms in total. The van der Waals surface area contributed by atoms with Gasteiger partial charge in [-0.2, -0.15) is 0 Å². The van der Waals surface area contributed by atoms with Crippen LogP contribution in [0.5, 0.6) is 11.6 Å². The van der Waals surface area contributed by atoms with Crippen molar-refractivity contribution in [2.75, 3.05) is 0 Å². The van der Waals surface area contributed by atoms with Crippen molar-refractivity contribution in [1.82, 2.24) is 15.3 Å². The van der Waals surface area contributed by atoms with E-state index in [4.69, 9.17) is 21.4 Å². The number of rotatable bonds is 7. The number of pyridine rings is 2. The van der Waals surface area contributed by atoms with Crippen molar-refractivity contribution in [2.45, 2.75) is 13.0 Å². The minimum Gasteiger partial charge on any atom is -0.478 e. The average molecular weight is 474 g/mol. The first-order chi connectivity index (χ1) is 16.4. The summed E-state index contributed by atoms with van der Waals surface area (Å²) in [6.45, 7) is 1.79. The first-order valence-electron chi connectivity index (χ1n) is 10.4. The number of aromatic carboxylic acids is 1. The molecule has 0 fully saturated rings. The van der Waals surface area contributed by atoms with Gasteiger partial charge in [-0.1, -0.05) is 41.9 Å². The minimum atomic E-state index is -1.01. The van der Waals surface area contributed by atoms with E-state index in [1.807, 2.05) is 24.3 Å². The highest BCUT2D eigenvalue weighted by atomic mass is 35.5. The molecule has 0 bridgehead atoms. The van der Waals surface area contributed by atoms with Crippen LogP contribution in [-0.2, 0) is 0 Å². The predicted octanol–water partition coefficient (Wildman–Crippen LogP) is 5.78. The van der Waals surface area contributed by atoms with E-state index in [-0.39, 0.29) is 23.0 Å². The zero-order chi connectivity index (χ0) is 24.1. The Hall–Kier alpha value is -4.23. The molecule has 0 radical (unpaired) electrons. The van der Waals surface area contributed by atoms with E-state index in [0.29, 0.717) is 10.8 Å². The van der Waals surface area contributed by atoms with E-state index in [2.05, 4.69) is 15.3 Å². The summed E-state index contributed by atoms with van der Waals surface area (Å²) in [4.78, 5) is 32.4. The second-order valence-electron chi connectivity index (χ2n) is 7.50. The molecule has 8 heteroatoms. The molecule has 170 valence electrons. The third-order valence-corrected chi connectivity index (χ3v) is 5.34. The zero-order valence-corrected chi connectivity index (χ0v) is 18.9. The molecule has 4 rings (SSSR count). The maximum atomic E-state index is 13.0. The molecule has 0 unspecified atom stereocenters. The molecule has 0 saturated carbocycles. The van der Waals surface area contributed by atoms with Crippen molar-refractivity contribution < 1.29 is 19.4 Å². The summed E-state index contributed by atoms with van der Waals surface area (Å²) in [5, 5.41) is 12.2. The Labute approximate surface area is 201 Å². The highest BCUT2D eigenvalue weighted by Crippen LogP contribution is 2.28. The normalized spacial score (nSPS) is 11.5. The molecule has 0 aliphatic carbocycles. The van der Waals surface area contributed by atoms with Crippen molar-refractivity contribution in [3.63, 3.8) is 0 Å². The minimum absolute atomic E-state index is 0.115. The van der Waals surface area contributed by atoms with E-state index < -0.39 is 11.9 Å². The second kappa shape index (κ2) is 10.1. The number of hydrogen-bond acceptors (Lipinski definition) is 5. The fourth-order valence-corrected chi connectivity index (χ4v) is 3.46. The first-order valence-corrected chi connectivity index (χ1v) is 10.8. The van der Waals surface area contributed by atoms with Crippen molar-refractivity contribution in [2.24, 2.45) is 0 Å². The summed E-state index contributed by atoms with van der Waals surface area (Å²) in [6.07, 6.45) is 4.90. The molecule has 2 heterocycles. The summed E-state index contributed by atoms with van der Waals surface area (Å²) in [6, 6.07) is 18.6. The highest BCUT2D eigenvalue weighted by molar-refractivity contribution is 6.30. The number of nitrogens with zero attached hydrogens (tertiary/aromatic N) is 2. The van der Waals surface area contributed by atoms with E-state index in [1.165, 1.54) is 24.4 Å². The molecule has 34 heavy (non-hydrogen) atoms. The Morgan fingerprint density at radius 3 is 2.38 bits per heavy atom. The van der Waals surface area contributed by atoms with E-state index in [0.717, 1.165) is 16.7 Å². The fraction of sp³-hybridized carbons (Fsp3) is 0.0769. The van der Waals surface area contributed by atoms with Gasteiger partial charge in [-0.25, -0.2) is 9.78 Å². The van der Waals surface area contributed by atoms with Gasteiger partial charge in [-0.15, -0.1) is 0 Å². The van der Waals surface area contributed by atoms with Crippen LogP contribution in [0, 0.1) is 0 Å². The molecule has 0 saturated heterocycles. The Kier molecular flexibility index (Phi) is 6.85. The molecule has 0 aliphatic heterocycles. The largest absolute Gasteiger partial charge is 0.478 e. The van der Waals surface area contributed by atoms with Gasteiger partial charge >= 0.3 is 5.97 Å². The SMILES string of the molecule is C[C@H](NC(=O)c1cc(Cl)cnc1Oc1ccc(-c2cccnc2)cc1)c1ccc(C(=O)O)cc1. The number of carboxylic acids is 1. The summed E-state index contributed by atoms with van der Waals surface area (Å²) in [5.74, 6) is -0.812. The smallest absolute Gasteiger partial charge is 0.335 e. The van der Waals surface area contributed by atoms with Gasteiger partial charge in [-0.05, 0) is 60.0 Å². The lowest BCUT2D eigenvalue weighted by atomic mass is 10.1. The van der Waals surface area contributed by atoms with Crippen LogP contribution in [0.2, 0.25) is 5.02 Å². The maximum absolute atomic E-state index is 13.0. The fourth-order valence-electron chi connectivity index (χ4n) is 3.30. The summed E-state index contributed by atoms with van der Waals surface area (Å²) in [5.41, 5.74) is 3.06. The number of hydrogen-bond donors (Lipinski definition) is 2.